The van der Waals surface area contributed by atoms with Crippen LogP contribution >= 0.6 is 0 Å². The molecule has 5 nitrogen and oxygen atoms in total. The molecule has 0 bridgehead atoms. The summed E-state index contributed by atoms with van der Waals surface area (Å²) in [6, 6.07) is 0. The SMILES string of the molecule is CN1C(=O)CC[C@@]2(C)C1=CCC1C2[C@@H](O)C[C@@]2(C)C1CC[C@@H]2C(=O)O. The van der Waals surface area contributed by atoms with Crippen LogP contribution in [0.2, 0.25) is 0 Å². The van der Waals surface area contributed by atoms with Gasteiger partial charge >= 0.3 is 5.97 Å². The molecule has 0 spiro atoms. The number of carboxylic acid groups (broad SMARTS) is 1. The summed E-state index contributed by atoms with van der Waals surface area (Å²) in [7, 11) is 1.85. The lowest BCUT2D eigenvalue weighted by Gasteiger charge is -2.59. The fraction of sp³-hybridized carbons (Fsp3) is 0.800. The van der Waals surface area contributed by atoms with E-state index in [-0.39, 0.29) is 28.6 Å². The zero-order valence-corrected chi connectivity index (χ0v) is 15.4. The fourth-order valence-corrected chi connectivity index (χ4v) is 7.12. The highest BCUT2D eigenvalue weighted by molar-refractivity contribution is 5.79. The van der Waals surface area contributed by atoms with Gasteiger partial charge in [-0.15, -0.1) is 0 Å². The number of piperidine rings is 1. The van der Waals surface area contributed by atoms with Crippen LogP contribution in [0.5, 0.6) is 0 Å². The molecule has 2 saturated carbocycles. The highest BCUT2D eigenvalue weighted by atomic mass is 16.4. The average Bonchev–Trinajstić information content (AvgIpc) is 2.88. The molecule has 3 fully saturated rings. The highest BCUT2D eigenvalue weighted by Crippen LogP contribution is 2.65. The second-order valence-electron chi connectivity index (χ2n) is 9.24. The molecule has 5 heteroatoms. The zero-order chi connectivity index (χ0) is 18.1. The Morgan fingerprint density at radius 1 is 1.32 bits per heavy atom. The van der Waals surface area contributed by atoms with E-state index in [4.69, 9.17) is 0 Å². The van der Waals surface area contributed by atoms with Crippen molar-refractivity contribution in [1.29, 1.82) is 0 Å². The van der Waals surface area contributed by atoms with Crippen LogP contribution in [0.25, 0.3) is 0 Å². The second kappa shape index (κ2) is 5.32. The van der Waals surface area contributed by atoms with E-state index in [2.05, 4.69) is 19.9 Å². The van der Waals surface area contributed by atoms with Gasteiger partial charge in [-0.25, -0.2) is 0 Å². The van der Waals surface area contributed by atoms with Crippen molar-refractivity contribution in [3.63, 3.8) is 0 Å². The van der Waals surface area contributed by atoms with Crippen LogP contribution in [0.1, 0.15) is 52.4 Å². The lowest BCUT2D eigenvalue weighted by molar-refractivity contribution is -0.160. The summed E-state index contributed by atoms with van der Waals surface area (Å²) in [6.45, 7) is 4.29. The summed E-state index contributed by atoms with van der Waals surface area (Å²) in [5, 5.41) is 20.8. The van der Waals surface area contributed by atoms with Crippen molar-refractivity contribution in [2.24, 2.45) is 34.5 Å². The third-order valence-electron chi connectivity index (χ3n) is 8.25. The maximum Gasteiger partial charge on any atom is 0.307 e. The first-order valence-electron chi connectivity index (χ1n) is 9.58. The van der Waals surface area contributed by atoms with Gasteiger partial charge in [0.25, 0.3) is 0 Å². The predicted molar refractivity (Wildman–Crippen MR) is 92.4 cm³/mol. The molecule has 25 heavy (non-hydrogen) atoms. The predicted octanol–water partition coefficient (Wildman–Crippen LogP) is 2.65. The minimum atomic E-state index is -0.711. The molecule has 0 aromatic heterocycles. The molecule has 4 rings (SSSR count). The van der Waals surface area contributed by atoms with Gasteiger partial charge in [0.1, 0.15) is 0 Å². The van der Waals surface area contributed by atoms with Crippen LogP contribution in [0.4, 0.5) is 0 Å². The lowest BCUT2D eigenvalue weighted by Crippen LogP contribution is -2.58. The molecule has 0 radical (unpaired) electrons. The number of hydrogen-bond donors (Lipinski definition) is 2. The van der Waals surface area contributed by atoms with Gasteiger partial charge in [0, 0.05) is 24.6 Å². The van der Waals surface area contributed by atoms with Crippen molar-refractivity contribution in [2.75, 3.05) is 7.05 Å². The Kier molecular flexibility index (Phi) is 3.63. The van der Waals surface area contributed by atoms with E-state index >= 15 is 0 Å². The third kappa shape index (κ3) is 2.11. The number of nitrogens with zero attached hydrogens (tertiary/aromatic N) is 1. The largest absolute Gasteiger partial charge is 0.481 e. The number of carboxylic acids is 1. The van der Waals surface area contributed by atoms with Crippen LogP contribution in [0, 0.1) is 34.5 Å². The van der Waals surface area contributed by atoms with Crippen LogP contribution < -0.4 is 0 Å². The average molecular weight is 347 g/mol. The summed E-state index contributed by atoms with van der Waals surface area (Å²) in [6.07, 6.45) is 6.08. The second-order valence-corrected chi connectivity index (χ2v) is 9.24. The standard InChI is InChI=1S/C20H29NO4/c1-19-9-8-16(23)21(3)15(19)7-4-11-12-5-6-13(18(24)25)20(12,2)10-14(22)17(11)19/h7,11-14,17,22H,4-6,8-10H2,1-3H3,(H,24,25)/t11?,12?,13-,14+,17?,19+,20+/m1/s1. The van der Waals surface area contributed by atoms with Crippen molar-refractivity contribution in [3.8, 4) is 0 Å². The number of hydrogen-bond acceptors (Lipinski definition) is 3. The molecule has 3 aliphatic carbocycles. The van der Waals surface area contributed by atoms with Gasteiger partial charge in [-0.3, -0.25) is 9.59 Å². The first kappa shape index (κ1) is 17.1. The summed E-state index contributed by atoms with van der Waals surface area (Å²) in [5.74, 6) is -0.121. The van der Waals surface area contributed by atoms with Gasteiger partial charge in [0.2, 0.25) is 5.91 Å². The third-order valence-corrected chi connectivity index (χ3v) is 8.25. The molecule has 1 aliphatic heterocycles. The van der Waals surface area contributed by atoms with E-state index in [9.17, 15) is 19.8 Å². The normalized spacial score (nSPS) is 49.1. The van der Waals surface area contributed by atoms with Crippen LogP contribution in [0.15, 0.2) is 11.8 Å². The number of rotatable bonds is 1. The Morgan fingerprint density at radius 2 is 2.04 bits per heavy atom. The first-order valence-corrected chi connectivity index (χ1v) is 9.58. The number of fused-ring (bicyclic) bond motifs is 5. The molecule has 0 aromatic carbocycles. The van der Waals surface area contributed by atoms with Crippen molar-refractivity contribution in [2.45, 2.75) is 58.5 Å². The van der Waals surface area contributed by atoms with Gasteiger partial charge in [0.15, 0.2) is 0 Å². The number of allylic oxidation sites excluding steroid dienone is 2. The molecule has 1 amide bonds. The molecule has 0 aromatic rings. The maximum atomic E-state index is 12.1. The quantitative estimate of drug-likeness (QED) is 0.764. The van der Waals surface area contributed by atoms with Crippen molar-refractivity contribution in [3.05, 3.63) is 11.8 Å². The monoisotopic (exact) mass is 347 g/mol. The minimum Gasteiger partial charge on any atom is -0.481 e. The van der Waals surface area contributed by atoms with Gasteiger partial charge in [-0.05, 0) is 55.3 Å². The number of aliphatic hydroxyl groups is 1. The number of carbonyl (C=O) groups excluding carboxylic acids is 1. The molecular weight excluding hydrogens is 318 g/mol. The summed E-state index contributed by atoms with van der Waals surface area (Å²) in [4.78, 5) is 25.7. The van der Waals surface area contributed by atoms with Crippen molar-refractivity contribution in [1.82, 2.24) is 4.90 Å². The maximum absolute atomic E-state index is 12.1. The number of amides is 1. The van der Waals surface area contributed by atoms with Crippen molar-refractivity contribution < 1.29 is 19.8 Å². The highest BCUT2D eigenvalue weighted by Gasteiger charge is 2.63. The zero-order valence-electron chi connectivity index (χ0n) is 15.4. The molecule has 138 valence electrons. The molecule has 1 heterocycles. The number of likely N-dealkylation sites (tertiary alicyclic amines) is 1. The van der Waals surface area contributed by atoms with Crippen LogP contribution in [0.3, 0.4) is 0 Å². The van der Waals surface area contributed by atoms with Gasteiger partial charge in [-0.2, -0.15) is 0 Å². The van der Waals surface area contributed by atoms with Crippen LogP contribution in [-0.2, 0) is 9.59 Å². The smallest absolute Gasteiger partial charge is 0.307 e. The van der Waals surface area contributed by atoms with E-state index in [1.807, 2.05) is 7.05 Å². The summed E-state index contributed by atoms with van der Waals surface area (Å²) in [5.41, 5.74) is 0.568. The van der Waals surface area contributed by atoms with Gasteiger partial charge in [-0.1, -0.05) is 19.9 Å². The molecular formula is C20H29NO4. The Balaban J connectivity index is 1.75. The molecule has 1 saturated heterocycles. The lowest BCUT2D eigenvalue weighted by atomic mass is 9.48. The van der Waals surface area contributed by atoms with Crippen molar-refractivity contribution >= 4 is 11.9 Å². The molecule has 2 N–H and O–H groups in total. The molecule has 3 unspecified atom stereocenters. The number of aliphatic hydroxyl groups excluding tert-OH is 1. The molecule has 4 aliphatic rings. The van der Waals surface area contributed by atoms with E-state index in [0.29, 0.717) is 24.7 Å². The van der Waals surface area contributed by atoms with Crippen LogP contribution in [-0.4, -0.2) is 40.1 Å². The Bertz CT molecular complexity index is 658. The van der Waals surface area contributed by atoms with E-state index < -0.39 is 12.1 Å². The minimum absolute atomic E-state index is 0.119. The summed E-state index contributed by atoms with van der Waals surface area (Å²) < 4.78 is 0. The number of aliphatic carboxylic acids is 1. The van der Waals surface area contributed by atoms with Gasteiger partial charge in [0.05, 0.1) is 12.0 Å². The topological polar surface area (TPSA) is 77.8 Å². The Labute approximate surface area is 149 Å². The number of carbonyl (C=O) groups is 2. The van der Waals surface area contributed by atoms with E-state index in [1.54, 1.807) is 4.90 Å². The Morgan fingerprint density at radius 3 is 2.72 bits per heavy atom. The Hall–Kier alpha value is -1.36. The fourth-order valence-electron chi connectivity index (χ4n) is 7.12. The summed E-state index contributed by atoms with van der Waals surface area (Å²) >= 11 is 0. The van der Waals surface area contributed by atoms with E-state index in [1.165, 1.54) is 0 Å². The van der Waals surface area contributed by atoms with Gasteiger partial charge < -0.3 is 15.1 Å². The first-order chi connectivity index (χ1) is 11.7. The molecule has 7 atom stereocenters. The van der Waals surface area contributed by atoms with E-state index in [0.717, 1.165) is 31.4 Å².